The van der Waals surface area contributed by atoms with Crippen molar-refractivity contribution < 1.29 is 0 Å². The van der Waals surface area contributed by atoms with Crippen LogP contribution in [0.1, 0.15) is 5.69 Å². The lowest BCUT2D eigenvalue weighted by Gasteiger charge is -1.99. The van der Waals surface area contributed by atoms with Crippen molar-refractivity contribution in [1.82, 2.24) is 4.98 Å². The lowest BCUT2D eigenvalue weighted by Crippen LogP contribution is -1.92. The second-order valence-corrected chi connectivity index (χ2v) is 1.82. The van der Waals surface area contributed by atoms with Gasteiger partial charge in [0.2, 0.25) is 0 Å². The molecule has 1 N–H and O–H groups in total. The van der Waals surface area contributed by atoms with E-state index in [-0.39, 0.29) is 0 Å². The molecule has 1 aromatic rings. The van der Waals surface area contributed by atoms with Crippen molar-refractivity contribution in [3.63, 3.8) is 0 Å². The fraction of sp³-hybridized carbons (Fsp3) is 0.286. The maximum absolute atomic E-state index is 4.03. The number of nitrogens with one attached hydrogen (secondary N) is 1. The average Bonchev–Trinajstić information content (AvgIpc) is 1.89. The largest absolute Gasteiger partial charge is 0.387 e. The minimum Gasteiger partial charge on any atom is -0.387 e. The maximum Gasteiger partial charge on any atom is 0.0604 e. The summed E-state index contributed by atoms with van der Waals surface area (Å²) in [5.74, 6) is 0. The number of nitrogens with zero attached hydrogens (tertiary/aromatic N) is 1. The summed E-state index contributed by atoms with van der Waals surface area (Å²) in [7, 11) is 1.87. The van der Waals surface area contributed by atoms with Crippen LogP contribution in [-0.4, -0.2) is 12.0 Å². The zero-order valence-electron chi connectivity index (χ0n) is 5.60. The number of hydrogen-bond donors (Lipinski definition) is 1. The van der Waals surface area contributed by atoms with Gasteiger partial charge in [-0.1, -0.05) is 0 Å². The van der Waals surface area contributed by atoms with E-state index in [0.29, 0.717) is 0 Å². The zero-order valence-corrected chi connectivity index (χ0v) is 5.60. The Kier molecular flexibility index (Phi) is 1.68. The van der Waals surface area contributed by atoms with Gasteiger partial charge >= 0.3 is 0 Å². The van der Waals surface area contributed by atoms with Gasteiger partial charge in [0.15, 0.2) is 0 Å². The van der Waals surface area contributed by atoms with Crippen LogP contribution in [0.25, 0.3) is 0 Å². The molecular formula is C7H9N2. The van der Waals surface area contributed by atoms with Gasteiger partial charge in [-0.15, -0.1) is 0 Å². The first-order valence-corrected chi connectivity index (χ1v) is 2.85. The predicted octanol–water partition coefficient (Wildman–Crippen LogP) is 1.23. The normalized spacial score (nSPS) is 9.11. The average molecular weight is 121 g/mol. The van der Waals surface area contributed by atoms with E-state index in [2.05, 4.69) is 16.4 Å². The lowest BCUT2D eigenvalue weighted by molar-refractivity contribution is 1.19. The standard InChI is InChI=1S/C7H9N2/c1-6-7(8-2)4-3-5-9-6/h4-5,8H,1-2H3. The fourth-order valence-corrected chi connectivity index (χ4v) is 0.682. The van der Waals surface area contributed by atoms with Gasteiger partial charge < -0.3 is 5.32 Å². The van der Waals surface area contributed by atoms with Crippen LogP contribution >= 0.6 is 0 Å². The summed E-state index contributed by atoms with van der Waals surface area (Å²) in [6, 6.07) is 4.76. The molecular weight excluding hydrogens is 112 g/mol. The van der Waals surface area contributed by atoms with Gasteiger partial charge in [0.25, 0.3) is 0 Å². The van der Waals surface area contributed by atoms with Crippen LogP contribution in [0.4, 0.5) is 5.69 Å². The summed E-state index contributed by atoms with van der Waals surface area (Å²) in [6.45, 7) is 1.96. The number of rotatable bonds is 1. The van der Waals surface area contributed by atoms with Crippen LogP contribution in [0.15, 0.2) is 12.3 Å². The lowest BCUT2D eigenvalue weighted by atomic mass is 10.3. The van der Waals surface area contributed by atoms with Crippen molar-refractivity contribution in [3.8, 4) is 0 Å². The number of aryl methyl sites for hydroxylation is 1. The molecule has 47 valence electrons. The van der Waals surface area contributed by atoms with Crippen molar-refractivity contribution in [1.29, 1.82) is 0 Å². The second-order valence-electron chi connectivity index (χ2n) is 1.82. The Balaban J connectivity index is 3.01. The first-order valence-electron chi connectivity index (χ1n) is 2.85. The van der Waals surface area contributed by atoms with Crippen LogP contribution in [0, 0.1) is 13.0 Å². The van der Waals surface area contributed by atoms with E-state index in [9.17, 15) is 0 Å². The molecule has 0 fully saturated rings. The van der Waals surface area contributed by atoms with E-state index in [4.69, 9.17) is 0 Å². The Morgan fingerprint density at radius 1 is 1.67 bits per heavy atom. The van der Waals surface area contributed by atoms with Gasteiger partial charge in [-0.25, -0.2) is 0 Å². The van der Waals surface area contributed by atoms with Gasteiger partial charge in [0.05, 0.1) is 11.4 Å². The molecule has 0 aliphatic rings. The molecule has 0 aliphatic heterocycles. The maximum atomic E-state index is 4.03. The highest BCUT2D eigenvalue weighted by molar-refractivity contribution is 5.45. The van der Waals surface area contributed by atoms with E-state index in [1.807, 2.05) is 20.0 Å². The van der Waals surface area contributed by atoms with E-state index in [1.165, 1.54) is 0 Å². The third-order valence-electron chi connectivity index (χ3n) is 1.22. The van der Waals surface area contributed by atoms with Crippen LogP contribution in [0.5, 0.6) is 0 Å². The van der Waals surface area contributed by atoms with Crippen molar-refractivity contribution in [3.05, 3.63) is 24.0 Å². The summed E-state index contributed by atoms with van der Waals surface area (Å²) in [5.41, 5.74) is 2.05. The minimum absolute atomic E-state index is 1.01. The van der Waals surface area contributed by atoms with Crippen LogP contribution in [-0.2, 0) is 0 Å². The molecule has 1 radical (unpaired) electrons. The smallest absolute Gasteiger partial charge is 0.0604 e. The third kappa shape index (κ3) is 1.19. The van der Waals surface area contributed by atoms with E-state index in [0.717, 1.165) is 11.4 Å². The van der Waals surface area contributed by atoms with Crippen LogP contribution < -0.4 is 5.32 Å². The quantitative estimate of drug-likeness (QED) is 0.604. The zero-order chi connectivity index (χ0) is 6.69. The van der Waals surface area contributed by atoms with Gasteiger partial charge in [-0.05, 0) is 13.0 Å². The highest BCUT2D eigenvalue weighted by Gasteiger charge is 1.90. The summed E-state index contributed by atoms with van der Waals surface area (Å²) >= 11 is 0. The van der Waals surface area contributed by atoms with E-state index < -0.39 is 0 Å². The van der Waals surface area contributed by atoms with Crippen molar-refractivity contribution in [2.45, 2.75) is 6.92 Å². The molecule has 0 amide bonds. The predicted molar refractivity (Wildman–Crippen MR) is 37.4 cm³/mol. The number of anilines is 1. The molecule has 0 aliphatic carbocycles. The van der Waals surface area contributed by atoms with Gasteiger partial charge in [-0.3, -0.25) is 4.98 Å². The first kappa shape index (κ1) is 6.08. The number of pyridine rings is 1. The molecule has 1 heterocycles. The molecule has 0 atom stereocenters. The molecule has 1 aromatic heterocycles. The Bertz CT molecular complexity index is 196. The number of aromatic nitrogens is 1. The SMILES string of the molecule is CNc1c[c]cnc1C. The second kappa shape index (κ2) is 2.49. The molecule has 2 nitrogen and oxygen atoms in total. The summed E-state index contributed by atoms with van der Waals surface area (Å²) < 4.78 is 0. The molecule has 2 heteroatoms. The molecule has 0 unspecified atom stereocenters. The van der Waals surface area contributed by atoms with E-state index >= 15 is 0 Å². The molecule has 9 heavy (non-hydrogen) atoms. The Morgan fingerprint density at radius 2 is 2.44 bits per heavy atom. The first-order chi connectivity index (χ1) is 4.34. The molecule has 0 aromatic carbocycles. The molecule has 0 saturated heterocycles. The molecule has 0 bridgehead atoms. The monoisotopic (exact) mass is 121 g/mol. The van der Waals surface area contributed by atoms with E-state index in [1.54, 1.807) is 6.20 Å². The third-order valence-corrected chi connectivity index (χ3v) is 1.22. The summed E-state index contributed by atoms with van der Waals surface area (Å²) in [6.07, 6.45) is 1.66. The van der Waals surface area contributed by atoms with Gasteiger partial charge in [0, 0.05) is 19.3 Å². The summed E-state index contributed by atoms with van der Waals surface area (Å²) in [5, 5.41) is 3.00. The Labute approximate surface area is 54.9 Å². The highest BCUT2D eigenvalue weighted by atomic mass is 14.9. The minimum atomic E-state index is 1.01. The topological polar surface area (TPSA) is 24.9 Å². The van der Waals surface area contributed by atoms with Crippen LogP contribution in [0.2, 0.25) is 0 Å². The van der Waals surface area contributed by atoms with Crippen molar-refractivity contribution in [2.24, 2.45) is 0 Å². The van der Waals surface area contributed by atoms with Crippen molar-refractivity contribution >= 4 is 5.69 Å². The van der Waals surface area contributed by atoms with Gasteiger partial charge in [-0.2, -0.15) is 0 Å². The fourth-order valence-electron chi connectivity index (χ4n) is 0.682. The van der Waals surface area contributed by atoms with Crippen LogP contribution in [0.3, 0.4) is 0 Å². The summed E-state index contributed by atoms with van der Waals surface area (Å²) in [4.78, 5) is 4.03. The highest BCUT2D eigenvalue weighted by Crippen LogP contribution is 2.07. The Morgan fingerprint density at radius 3 is 2.89 bits per heavy atom. The van der Waals surface area contributed by atoms with Gasteiger partial charge in [0.1, 0.15) is 0 Å². The molecule has 0 spiro atoms. The molecule has 0 saturated carbocycles. The number of hydrogen-bond acceptors (Lipinski definition) is 2. The Hall–Kier alpha value is -1.05. The molecule has 1 rings (SSSR count). The van der Waals surface area contributed by atoms with Crippen molar-refractivity contribution in [2.75, 3.05) is 12.4 Å².